The molecule has 3 unspecified atom stereocenters. The summed E-state index contributed by atoms with van der Waals surface area (Å²) < 4.78 is 0. The van der Waals surface area contributed by atoms with Gasteiger partial charge in [0.25, 0.3) is 0 Å². The van der Waals surface area contributed by atoms with Crippen molar-refractivity contribution >= 4 is 11.9 Å². The van der Waals surface area contributed by atoms with Gasteiger partial charge in [-0.1, -0.05) is 30.3 Å². The van der Waals surface area contributed by atoms with Crippen molar-refractivity contribution in [2.75, 3.05) is 6.54 Å². The Balaban J connectivity index is 1.64. The number of fused-ring (bicyclic) bond motifs is 1. The number of hydrogen-bond acceptors (Lipinski definition) is 4. The zero-order valence-electron chi connectivity index (χ0n) is 13.0. The molecule has 23 heavy (non-hydrogen) atoms. The molecule has 1 aromatic rings. The first-order valence-electron chi connectivity index (χ1n) is 7.79. The number of benzene rings is 1. The summed E-state index contributed by atoms with van der Waals surface area (Å²) in [5.41, 5.74) is 8.06. The maximum atomic E-state index is 12.3. The molecule has 6 heteroatoms. The van der Waals surface area contributed by atoms with Crippen LogP contribution in [0.1, 0.15) is 31.4 Å². The second kappa shape index (κ2) is 6.04. The number of carbonyl (C=O) groups excluding carboxylic acids is 1. The first-order valence-corrected chi connectivity index (χ1v) is 7.79. The van der Waals surface area contributed by atoms with E-state index in [0.717, 1.165) is 24.0 Å². The van der Waals surface area contributed by atoms with E-state index in [4.69, 9.17) is 5.73 Å². The van der Waals surface area contributed by atoms with Crippen molar-refractivity contribution in [2.45, 2.75) is 37.9 Å². The van der Waals surface area contributed by atoms with Gasteiger partial charge in [-0.05, 0) is 30.9 Å². The molecule has 1 saturated heterocycles. The molecule has 2 aliphatic rings. The van der Waals surface area contributed by atoms with Gasteiger partial charge in [0, 0.05) is 6.54 Å². The topological polar surface area (TPSA) is 95.7 Å². The fraction of sp³-hybridized carbons (Fsp3) is 0.412. The molecule has 1 fully saturated rings. The maximum absolute atomic E-state index is 12.3. The van der Waals surface area contributed by atoms with Crippen molar-refractivity contribution in [3.8, 4) is 0 Å². The van der Waals surface area contributed by atoms with Gasteiger partial charge in [0.15, 0.2) is 0 Å². The minimum absolute atomic E-state index is 0.0419. The minimum Gasteiger partial charge on any atom is -0.477 e. The van der Waals surface area contributed by atoms with Crippen LogP contribution in [-0.2, 0) is 9.59 Å². The quantitative estimate of drug-likeness (QED) is 0.770. The summed E-state index contributed by atoms with van der Waals surface area (Å²) in [5.74, 6) is -1.11. The molecular formula is C17H21N3O3. The van der Waals surface area contributed by atoms with E-state index in [-0.39, 0.29) is 18.0 Å². The van der Waals surface area contributed by atoms with Gasteiger partial charge in [0.05, 0.1) is 12.1 Å². The Bertz CT molecular complexity index is 656. The number of amides is 1. The van der Waals surface area contributed by atoms with Crippen LogP contribution in [0, 0.1) is 0 Å². The van der Waals surface area contributed by atoms with Gasteiger partial charge in [0.2, 0.25) is 5.91 Å². The third kappa shape index (κ3) is 2.82. The second-order valence-corrected chi connectivity index (χ2v) is 6.20. The van der Waals surface area contributed by atoms with Crippen molar-refractivity contribution in [2.24, 2.45) is 5.73 Å². The van der Waals surface area contributed by atoms with Crippen LogP contribution in [0.5, 0.6) is 0 Å². The Morgan fingerprint density at radius 1 is 1.35 bits per heavy atom. The Labute approximate surface area is 135 Å². The number of nitrogens with zero attached hydrogens (tertiary/aromatic N) is 1. The van der Waals surface area contributed by atoms with Crippen LogP contribution in [-0.4, -0.2) is 40.5 Å². The number of nitrogens with one attached hydrogen (secondary N) is 1. The molecule has 4 N–H and O–H groups in total. The lowest BCUT2D eigenvalue weighted by molar-refractivity contribution is -0.137. The molecule has 0 bridgehead atoms. The zero-order chi connectivity index (χ0) is 16.6. The smallest absolute Gasteiger partial charge is 0.352 e. The van der Waals surface area contributed by atoms with Crippen molar-refractivity contribution in [3.63, 3.8) is 0 Å². The van der Waals surface area contributed by atoms with Crippen LogP contribution in [0.4, 0.5) is 0 Å². The molecule has 0 aromatic heterocycles. The number of carboxylic acid groups (broad SMARTS) is 1. The third-order valence-electron chi connectivity index (χ3n) is 4.74. The minimum atomic E-state index is -0.891. The summed E-state index contributed by atoms with van der Waals surface area (Å²) in [7, 11) is 0. The average Bonchev–Trinajstić information content (AvgIpc) is 2.52. The van der Waals surface area contributed by atoms with Gasteiger partial charge in [-0.15, -0.1) is 0 Å². The van der Waals surface area contributed by atoms with Gasteiger partial charge in [-0.3, -0.25) is 4.79 Å². The fourth-order valence-electron chi connectivity index (χ4n) is 3.42. The largest absolute Gasteiger partial charge is 0.477 e. The number of carboxylic acids is 1. The Morgan fingerprint density at radius 3 is 2.70 bits per heavy atom. The average molecular weight is 315 g/mol. The molecular weight excluding hydrogens is 294 g/mol. The van der Waals surface area contributed by atoms with E-state index in [0.29, 0.717) is 12.2 Å². The molecule has 6 nitrogen and oxygen atoms in total. The van der Waals surface area contributed by atoms with Crippen LogP contribution in [0.3, 0.4) is 0 Å². The summed E-state index contributed by atoms with van der Waals surface area (Å²) in [4.78, 5) is 25.6. The summed E-state index contributed by atoms with van der Waals surface area (Å²) in [5, 5.41) is 12.3. The summed E-state index contributed by atoms with van der Waals surface area (Å²) in [6, 6.07) is 8.53. The molecule has 3 rings (SSSR count). The number of rotatable bonds is 4. The lowest BCUT2D eigenvalue weighted by Gasteiger charge is -2.52. The number of nitrogens with two attached hydrogens (primary N) is 1. The first-order chi connectivity index (χ1) is 11.0. The van der Waals surface area contributed by atoms with Gasteiger partial charge in [0.1, 0.15) is 11.7 Å². The number of aliphatic carboxylic acids is 1. The van der Waals surface area contributed by atoms with Gasteiger partial charge >= 0.3 is 5.97 Å². The van der Waals surface area contributed by atoms with Gasteiger partial charge in [-0.2, -0.15) is 0 Å². The monoisotopic (exact) mass is 315 g/mol. The fourth-order valence-corrected chi connectivity index (χ4v) is 3.42. The van der Waals surface area contributed by atoms with E-state index in [1.54, 1.807) is 0 Å². The molecule has 0 spiro atoms. The Morgan fingerprint density at radius 2 is 2.04 bits per heavy atom. The van der Waals surface area contributed by atoms with E-state index < -0.39 is 12.0 Å². The van der Waals surface area contributed by atoms with Crippen LogP contribution in [0.15, 0.2) is 41.6 Å². The summed E-state index contributed by atoms with van der Waals surface area (Å²) in [6.45, 7) is 2.38. The predicted molar refractivity (Wildman–Crippen MR) is 85.4 cm³/mol. The molecule has 1 amide bonds. The summed E-state index contributed by atoms with van der Waals surface area (Å²) >= 11 is 0. The van der Waals surface area contributed by atoms with E-state index in [1.165, 1.54) is 0 Å². The molecule has 0 saturated carbocycles. The second-order valence-electron chi connectivity index (χ2n) is 6.20. The van der Waals surface area contributed by atoms with Crippen molar-refractivity contribution in [1.29, 1.82) is 0 Å². The molecule has 1 aromatic carbocycles. The van der Waals surface area contributed by atoms with Gasteiger partial charge < -0.3 is 21.1 Å². The van der Waals surface area contributed by atoms with E-state index in [2.05, 4.69) is 5.32 Å². The summed E-state index contributed by atoms with van der Waals surface area (Å²) in [6.07, 6.45) is 1.61. The SMILES string of the molecule is CC1=C(C(=O)O)N2CC(NC(=O)C(N)c3ccccc3)C2CC1. The lowest BCUT2D eigenvalue weighted by Crippen LogP contribution is -2.68. The zero-order valence-corrected chi connectivity index (χ0v) is 13.0. The number of hydrogen-bond donors (Lipinski definition) is 3. The van der Waals surface area contributed by atoms with E-state index in [1.807, 2.05) is 42.2 Å². The maximum Gasteiger partial charge on any atom is 0.352 e. The van der Waals surface area contributed by atoms with Crippen LogP contribution in [0.25, 0.3) is 0 Å². The normalized spacial score (nSPS) is 24.5. The van der Waals surface area contributed by atoms with Gasteiger partial charge in [-0.25, -0.2) is 4.79 Å². The number of allylic oxidation sites excluding steroid dienone is 1. The highest BCUT2D eigenvalue weighted by Crippen LogP contribution is 2.35. The highest BCUT2D eigenvalue weighted by atomic mass is 16.4. The van der Waals surface area contributed by atoms with Crippen LogP contribution < -0.4 is 11.1 Å². The van der Waals surface area contributed by atoms with Crippen molar-refractivity contribution in [1.82, 2.24) is 10.2 Å². The van der Waals surface area contributed by atoms with Crippen molar-refractivity contribution < 1.29 is 14.7 Å². The van der Waals surface area contributed by atoms with Crippen LogP contribution in [0.2, 0.25) is 0 Å². The highest BCUT2D eigenvalue weighted by molar-refractivity contribution is 5.88. The van der Waals surface area contributed by atoms with Crippen molar-refractivity contribution in [3.05, 3.63) is 47.2 Å². The Hall–Kier alpha value is -2.34. The standard InChI is InChI=1S/C17H21N3O3/c1-10-7-8-13-12(9-20(13)15(10)17(22)23)19-16(21)14(18)11-5-3-2-4-6-11/h2-6,12-14H,7-9,18H2,1H3,(H,19,21)(H,22,23). The number of carbonyl (C=O) groups is 2. The van der Waals surface area contributed by atoms with E-state index >= 15 is 0 Å². The third-order valence-corrected chi connectivity index (χ3v) is 4.74. The molecule has 0 aliphatic carbocycles. The predicted octanol–water partition coefficient (Wildman–Crippen LogP) is 1.01. The lowest BCUT2D eigenvalue weighted by atomic mass is 9.84. The van der Waals surface area contributed by atoms with E-state index in [9.17, 15) is 14.7 Å². The highest BCUT2D eigenvalue weighted by Gasteiger charge is 2.45. The molecule has 122 valence electrons. The first kappa shape index (κ1) is 15.6. The molecule has 3 atom stereocenters. The van der Waals surface area contributed by atoms with Crippen LogP contribution >= 0.6 is 0 Å². The molecule has 0 radical (unpaired) electrons. The molecule has 2 heterocycles. The molecule has 2 aliphatic heterocycles. The Kier molecular flexibility index (Phi) is 4.09.